The molecule has 0 fully saturated rings. The number of nitrogens with two attached hydrogens (primary N) is 1. The Kier molecular flexibility index (Phi) is 6.19. The van der Waals surface area contributed by atoms with Crippen LogP contribution in [0, 0.1) is 6.92 Å². The van der Waals surface area contributed by atoms with Gasteiger partial charge in [-0.05, 0) is 32.5 Å². The van der Waals surface area contributed by atoms with Crippen LogP contribution in [0.2, 0.25) is 0 Å². The van der Waals surface area contributed by atoms with Crippen molar-refractivity contribution < 1.29 is 4.74 Å². The number of methoxy groups -OCH3 is 1. The fourth-order valence-corrected chi connectivity index (χ4v) is 1.79. The zero-order valence-corrected chi connectivity index (χ0v) is 11.1. The molecule has 0 amide bonds. The lowest BCUT2D eigenvalue weighted by molar-refractivity contribution is 0.159. The predicted octanol–water partition coefficient (Wildman–Crippen LogP) is 1.96. The molecule has 1 atom stereocenters. The summed E-state index contributed by atoms with van der Waals surface area (Å²) in [6, 6.07) is 8.56. The summed E-state index contributed by atoms with van der Waals surface area (Å²) in [7, 11) is 3.83. The van der Waals surface area contributed by atoms with Crippen molar-refractivity contribution >= 4 is 0 Å². The van der Waals surface area contributed by atoms with Gasteiger partial charge in [0.25, 0.3) is 0 Å². The number of likely N-dealkylation sites (N-methyl/N-ethyl adjacent to an activating group) is 1. The molecule has 3 heteroatoms. The van der Waals surface area contributed by atoms with E-state index in [2.05, 4.69) is 43.1 Å². The average molecular weight is 236 g/mol. The highest BCUT2D eigenvalue weighted by molar-refractivity contribution is 5.24. The molecule has 0 aliphatic carbocycles. The molecule has 1 aromatic rings. The lowest BCUT2D eigenvalue weighted by Crippen LogP contribution is -2.26. The third-order valence-corrected chi connectivity index (χ3v) is 2.97. The zero-order chi connectivity index (χ0) is 12.7. The summed E-state index contributed by atoms with van der Waals surface area (Å²) in [5.74, 6) is 0. The van der Waals surface area contributed by atoms with Gasteiger partial charge in [0.1, 0.15) is 0 Å². The molecule has 0 aromatic heterocycles. The maximum Gasteiger partial charge on any atom is 0.0589 e. The van der Waals surface area contributed by atoms with Crippen LogP contribution < -0.4 is 5.73 Å². The number of ether oxygens (including phenoxy) is 1. The molecular formula is C14H24N2O. The van der Waals surface area contributed by atoms with Gasteiger partial charge >= 0.3 is 0 Å². The quantitative estimate of drug-likeness (QED) is 0.786. The van der Waals surface area contributed by atoms with Crippen molar-refractivity contribution in [2.75, 3.05) is 33.9 Å². The van der Waals surface area contributed by atoms with Gasteiger partial charge in [0.15, 0.2) is 0 Å². The molecule has 0 heterocycles. The molecule has 0 aliphatic rings. The lowest BCUT2D eigenvalue weighted by atomic mass is 10.0. The fraction of sp³-hybridized carbons (Fsp3) is 0.571. The first-order valence-electron chi connectivity index (χ1n) is 6.13. The normalized spacial score (nSPS) is 13.0. The van der Waals surface area contributed by atoms with E-state index in [4.69, 9.17) is 10.5 Å². The van der Waals surface area contributed by atoms with Crippen molar-refractivity contribution in [3.05, 3.63) is 35.4 Å². The fourth-order valence-electron chi connectivity index (χ4n) is 1.79. The third kappa shape index (κ3) is 5.31. The Morgan fingerprint density at radius 1 is 1.35 bits per heavy atom. The summed E-state index contributed by atoms with van der Waals surface area (Å²) < 4.78 is 5.05. The number of rotatable bonds is 7. The maximum atomic E-state index is 6.18. The smallest absolute Gasteiger partial charge is 0.0589 e. The molecule has 0 aliphatic heterocycles. The molecule has 1 unspecified atom stereocenters. The van der Waals surface area contributed by atoms with Crippen molar-refractivity contribution in [3.63, 3.8) is 0 Å². The van der Waals surface area contributed by atoms with Crippen LogP contribution in [0.15, 0.2) is 24.3 Å². The van der Waals surface area contributed by atoms with Crippen LogP contribution in [-0.4, -0.2) is 38.8 Å². The van der Waals surface area contributed by atoms with Crippen LogP contribution in [0.1, 0.15) is 23.6 Å². The van der Waals surface area contributed by atoms with Gasteiger partial charge in [0.2, 0.25) is 0 Å². The third-order valence-electron chi connectivity index (χ3n) is 2.97. The Hall–Kier alpha value is -0.900. The number of benzene rings is 1. The molecule has 1 rings (SSSR count). The Morgan fingerprint density at radius 3 is 2.76 bits per heavy atom. The second kappa shape index (κ2) is 7.43. The molecule has 0 spiro atoms. The Balaban J connectivity index is 2.36. The van der Waals surface area contributed by atoms with Crippen molar-refractivity contribution in [1.29, 1.82) is 0 Å². The largest absolute Gasteiger partial charge is 0.383 e. The first-order valence-corrected chi connectivity index (χ1v) is 6.13. The van der Waals surface area contributed by atoms with E-state index in [9.17, 15) is 0 Å². The minimum Gasteiger partial charge on any atom is -0.383 e. The standard InChI is InChI=1S/C14H24N2O/c1-12-5-4-6-13(11-12)14(15)7-8-16(2)9-10-17-3/h4-6,11,14H,7-10,15H2,1-3H3. The molecule has 0 bridgehead atoms. The van der Waals surface area contributed by atoms with Gasteiger partial charge in [0, 0.05) is 19.7 Å². The molecular weight excluding hydrogens is 212 g/mol. The van der Waals surface area contributed by atoms with Gasteiger partial charge in [-0.2, -0.15) is 0 Å². The van der Waals surface area contributed by atoms with Crippen molar-refractivity contribution in [3.8, 4) is 0 Å². The van der Waals surface area contributed by atoms with Gasteiger partial charge in [-0.1, -0.05) is 29.8 Å². The van der Waals surface area contributed by atoms with Crippen molar-refractivity contribution in [2.24, 2.45) is 5.73 Å². The van der Waals surface area contributed by atoms with Crippen molar-refractivity contribution in [1.82, 2.24) is 4.90 Å². The summed E-state index contributed by atoms with van der Waals surface area (Å²) in [5, 5.41) is 0. The minimum absolute atomic E-state index is 0.125. The molecule has 3 nitrogen and oxygen atoms in total. The molecule has 17 heavy (non-hydrogen) atoms. The summed E-state index contributed by atoms with van der Waals surface area (Å²) in [5.41, 5.74) is 8.68. The van der Waals surface area contributed by atoms with Crippen LogP contribution in [0.25, 0.3) is 0 Å². The maximum absolute atomic E-state index is 6.18. The molecule has 0 radical (unpaired) electrons. The Morgan fingerprint density at radius 2 is 2.12 bits per heavy atom. The van der Waals surface area contributed by atoms with Crippen LogP contribution in [0.3, 0.4) is 0 Å². The average Bonchev–Trinajstić information content (AvgIpc) is 2.33. The van der Waals surface area contributed by atoms with E-state index in [-0.39, 0.29) is 6.04 Å². The number of hydrogen-bond acceptors (Lipinski definition) is 3. The summed E-state index contributed by atoms with van der Waals surface area (Å²) in [6.07, 6.45) is 0.976. The second-order valence-corrected chi connectivity index (χ2v) is 4.61. The molecule has 96 valence electrons. The lowest BCUT2D eigenvalue weighted by Gasteiger charge is -2.19. The van der Waals surface area contributed by atoms with E-state index in [0.717, 1.165) is 26.1 Å². The first kappa shape index (κ1) is 14.2. The molecule has 0 saturated heterocycles. The van der Waals surface area contributed by atoms with Gasteiger partial charge in [0.05, 0.1) is 6.61 Å². The predicted molar refractivity (Wildman–Crippen MR) is 72.1 cm³/mol. The SMILES string of the molecule is COCCN(C)CCC(N)c1cccc(C)c1. The highest BCUT2D eigenvalue weighted by Gasteiger charge is 2.07. The van der Waals surface area contributed by atoms with Crippen molar-refractivity contribution in [2.45, 2.75) is 19.4 Å². The molecule has 0 saturated carbocycles. The summed E-state index contributed by atoms with van der Waals surface area (Å²) >= 11 is 0. The zero-order valence-electron chi connectivity index (χ0n) is 11.1. The van der Waals surface area contributed by atoms with Gasteiger partial charge in [-0.25, -0.2) is 0 Å². The van der Waals surface area contributed by atoms with E-state index in [0.29, 0.717) is 0 Å². The highest BCUT2D eigenvalue weighted by atomic mass is 16.5. The minimum atomic E-state index is 0.125. The molecule has 2 N–H and O–H groups in total. The number of aryl methyl sites for hydroxylation is 1. The van der Waals surface area contributed by atoms with Crippen LogP contribution >= 0.6 is 0 Å². The number of nitrogens with zero attached hydrogens (tertiary/aromatic N) is 1. The number of hydrogen-bond donors (Lipinski definition) is 1. The molecule has 1 aromatic carbocycles. The van der Waals surface area contributed by atoms with Gasteiger partial charge in [-0.3, -0.25) is 0 Å². The Labute approximate surface area is 105 Å². The van der Waals surface area contributed by atoms with Gasteiger partial charge < -0.3 is 15.4 Å². The summed E-state index contributed by atoms with van der Waals surface area (Å²) in [4.78, 5) is 2.25. The topological polar surface area (TPSA) is 38.5 Å². The van der Waals surface area contributed by atoms with E-state index in [1.54, 1.807) is 7.11 Å². The summed E-state index contributed by atoms with van der Waals surface area (Å²) in [6.45, 7) is 4.83. The van der Waals surface area contributed by atoms with Crippen LogP contribution in [0.4, 0.5) is 0 Å². The van der Waals surface area contributed by atoms with E-state index < -0.39 is 0 Å². The van der Waals surface area contributed by atoms with E-state index in [1.807, 2.05) is 0 Å². The highest BCUT2D eigenvalue weighted by Crippen LogP contribution is 2.15. The first-order chi connectivity index (χ1) is 8.13. The second-order valence-electron chi connectivity index (χ2n) is 4.61. The van der Waals surface area contributed by atoms with Gasteiger partial charge in [-0.15, -0.1) is 0 Å². The van der Waals surface area contributed by atoms with Crippen LogP contribution in [-0.2, 0) is 4.74 Å². The van der Waals surface area contributed by atoms with E-state index >= 15 is 0 Å². The van der Waals surface area contributed by atoms with E-state index in [1.165, 1.54) is 11.1 Å². The monoisotopic (exact) mass is 236 g/mol. The Bertz CT molecular complexity index is 328. The van der Waals surface area contributed by atoms with Crippen LogP contribution in [0.5, 0.6) is 0 Å².